The summed E-state index contributed by atoms with van der Waals surface area (Å²) in [7, 11) is 0. The van der Waals surface area contributed by atoms with E-state index in [-0.39, 0.29) is 0 Å². The molecule has 1 rings (SSSR count). The maximum absolute atomic E-state index is 10.8. The zero-order chi connectivity index (χ0) is 9.14. The average Bonchev–Trinajstić information content (AvgIpc) is 2.03. The number of hydrogen-bond acceptors (Lipinski definition) is 3. The smallest absolute Gasteiger partial charge is 0.327 e. The van der Waals surface area contributed by atoms with E-state index in [9.17, 15) is 4.79 Å². The van der Waals surface area contributed by atoms with Gasteiger partial charge in [-0.15, -0.1) is 0 Å². The molecular formula is C8H14N2O2. The monoisotopic (exact) mass is 170 g/mol. The Balaban J connectivity index is 2.72. The Labute approximate surface area is 71.9 Å². The van der Waals surface area contributed by atoms with Crippen molar-refractivity contribution in [1.82, 2.24) is 10.2 Å². The Morgan fingerprint density at radius 1 is 1.92 bits per heavy atom. The van der Waals surface area contributed by atoms with Gasteiger partial charge in [0.2, 0.25) is 0 Å². The molecular weight excluding hydrogens is 156 g/mol. The van der Waals surface area contributed by atoms with Crippen molar-refractivity contribution >= 4 is 5.97 Å². The Kier molecular flexibility index (Phi) is 2.70. The zero-order valence-electron chi connectivity index (χ0n) is 7.21. The van der Waals surface area contributed by atoms with Crippen LogP contribution < -0.4 is 5.32 Å². The molecule has 12 heavy (non-hydrogen) atoms. The fourth-order valence-electron chi connectivity index (χ4n) is 1.45. The highest BCUT2D eigenvalue weighted by Gasteiger charge is 2.29. The van der Waals surface area contributed by atoms with Crippen molar-refractivity contribution in [2.75, 3.05) is 19.6 Å². The van der Waals surface area contributed by atoms with Gasteiger partial charge in [-0.1, -0.05) is 13.5 Å². The molecule has 1 unspecified atom stereocenters. The first kappa shape index (κ1) is 9.06. The maximum Gasteiger partial charge on any atom is 0.327 e. The Morgan fingerprint density at radius 2 is 2.58 bits per heavy atom. The molecule has 4 heteroatoms. The van der Waals surface area contributed by atoms with E-state index in [1.54, 1.807) is 0 Å². The molecule has 1 aliphatic heterocycles. The predicted molar refractivity (Wildman–Crippen MR) is 45.8 cm³/mol. The summed E-state index contributed by atoms with van der Waals surface area (Å²) >= 11 is 0. The topological polar surface area (TPSA) is 52.6 Å². The second-order valence-electron chi connectivity index (χ2n) is 2.82. The third kappa shape index (κ3) is 1.58. The molecule has 1 aliphatic rings. The van der Waals surface area contributed by atoms with Gasteiger partial charge in [0.1, 0.15) is 6.04 Å². The van der Waals surface area contributed by atoms with Crippen molar-refractivity contribution in [2.24, 2.45) is 0 Å². The average molecular weight is 170 g/mol. The highest BCUT2D eigenvalue weighted by Crippen LogP contribution is 2.10. The molecule has 0 aliphatic carbocycles. The molecule has 68 valence electrons. The van der Waals surface area contributed by atoms with Gasteiger partial charge in [0.15, 0.2) is 0 Å². The number of carbonyl (C=O) groups is 1. The standard InChI is InChI=1S/C8H14N2O2/c1-3-10-5-4-9-6(2)7(10)8(11)12/h7,9H,2-5H2,1H3,(H,11,12). The summed E-state index contributed by atoms with van der Waals surface area (Å²) in [5.41, 5.74) is 0.593. The molecule has 0 aromatic heterocycles. The molecule has 0 amide bonds. The van der Waals surface area contributed by atoms with Crippen LogP contribution in [0.1, 0.15) is 6.92 Å². The minimum atomic E-state index is -0.825. The van der Waals surface area contributed by atoms with Gasteiger partial charge in [-0.25, -0.2) is 0 Å². The molecule has 0 radical (unpaired) electrons. The number of hydrogen-bond donors (Lipinski definition) is 2. The number of likely N-dealkylation sites (N-methyl/N-ethyl adjacent to an activating group) is 1. The van der Waals surface area contributed by atoms with Crippen LogP contribution in [0.2, 0.25) is 0 Å². The molecule has 0 saturated carbocycles. The highest BCUT2D eigenvalue weighted by molar-refractivity contribution is 5.77. The molecule has 2 N–H and O–H groups in total. The van der Waals surface area contributed by atoms with E-state index in [4.69, 9.17) is 5.11 Å². The lowest BCUT2D eigenvalue weighted by molar-refractivity contribution is -0.142. The van der Waals surface area contributed by atoms with Crippen LogP contribution in [0, 0.1) is 0 Å². The van der Waals surface area contributed by atoms with Crippen LogP contribution in [0.3, 0.4) is 0 Å². The van der Waals surface area contributed by atoms with Gasteiger partial charge >= 0.3 is 5.97 Å². The Morgan fingerprint density at radius 3 is 3.00 bits per heavy atom. The van der Waals surface area contributed by atoms with E-state index < -0.39 is 12.0 Å². The van der Waals surface area contributed by atoms with E-state index in [1.165, 1.54) is 0 Å². The van der Waals surface area contributed by atoms with E-state index in [1.807, 2.05) is 11.8 Å². The minimum Gasteiger partial charge on any atom is -0.480 e. The summed E-state index contributed by atoms with van der Waals surface area (Å²) in [6.45, 7) is 7.94. The van der Waals surface area contributed by atoms with Crippen molar-refractivity contribution in [3.8, 4) is 0 Å². The molecule has 1 fully saturated rings. The van der Waals surface area contributed by atoms with Gasteiger partial charge in [-0.05, 0) is 6.54 Å². The first-order valence-corrected chi connectivity index (χ1v) is 4.06. The number of rotatable bonds is 2. The minimum absolute atomic E-state index is 0.552. The third-order valence-electron chi connectivity index (χ3n) is 2.09. The molecule has 4 nitrogen and oxygen atoms in total. The molecule has 1 atom stereocenters. The lowest BCUT2D eigenvalue weighted by Gasteiger charge is -2.34. The second kappa shape index (κ2) is 3.58. The van der Waals surface area contributed by atoms with Crippen molar-refractivity contribution in [3.63, 3.8) is 0 Å². The molecule has 1 saturated heterocycles. The van der Waals surface area contributed by atoms with Crippen molar-refractivity contribution in [3.05, 3.63) is 12.3 Å². The summed E-state index contributed by atoms with van der Waals surface area (Å²) < 4.78 is 0. The van der Waals surface area contributed by atoms with E-state index in [0.717, 1.165) is 19.6 Å². The Hall–Kier alpha value is -1.03. The van der Waals surface area contributed by atoms with Gasteiger partial charge in [0.05, 0.1) is 0 Å². The number of aliphatic carboxylic acids is 1. The number of nitrogens with one attached hydrogen (secondary N) is 1. The normalized spacial score (nSPS) is 25.1. The van der Waals surface area contributed by atoms with Gasteiger partial charge in [-0.2, -0.15) is 0 Å². The first-order chi connectivity index (χ1) is 5.66. The van der Waals surface area contributed by atoms with Crippen LogP contribution in [0.5, 0.6) is 0 Å². The van der Waals surface area contributed by atoms with Crippen LogP contribution in [0.25, 0.3) is 0 Å². The molecule has 0 bridgehead atoms. The summed E-state index contributed by atoms with van der Waals surface area (Å²) in [5.74, 6) is -0.825. The van der Waals surface area contributed by atoms with Crippen molar-refractivity contribution in [2.45, 2.75) is 13.0 Å². The lowest BCUT2D eigenvalue weighted by Crippen LogP contribution is -2.52. The van der Waals surface area contributed by atoms with Crippen molar-refractivity contribution in [1.29, 1.82) is 0 Å². The van der Waals surface area contributed by atoms with E-state index >= 15 is 0 Å². The van der Waals surface area contributed by atoms with Gasteiger partial charge < -0.3 is 10.4 Å². The van der Waals surface area contributed by atoms with Crippen LogP contribution in [0.4, 0.5) is 0 Å². The molecule has 0 spiro atoms. The number of piperazine rings is 1. The van der Waals surface area contributed by atoms with Crippen LogP contribution in [-0.4, -0.2) is 41.7 Å². The third-order valence-corrected chi connectivity index (χ3v) is 2.09. The zero-order valence-corrected chi connectivity index (χ0v) is 7.21. The summed E-state index contributed by atoms with van der Waals surface area (Å²) in [4.78, 5) is 12.7. The largest absolute Gasteiger partial charge is 0.480 e. The maximum atomic E-state index is 10.8. The van der Waals surface area contributed by atoms with Crippen LogP contribution >= 0.6 is 0 Å². The Bertz CT molecular complexity index is 203. The highest BCUT2D eigenvalue weighted by atomic mass is 16.4. The predicted octanol–water partition coefficient (Wildman–Crippen LogP) is -0.122. The van der Waals surface area contributed by atoms with Crippen LogP contribution in [0.15, 0.2) is 12.3 Å². The van der Waals surface area contributed by atoms with Crippen LogP contribution in [-0.2, 0) is 4.79 Å². The van der Waals surface area contributed by atoms with Gasteiger partial charge in [0, 0.05) is 18.8 Å². The van der Waals surface area contributed by atoms with E-state index in [2.05, 4.69) is 11.9 Å². The SMILES string of the molecule is C=C1NCCN(CC)C1C(=O)O. The second-order valence-corrected chi connectivity index (χ2v) is 2.82. The number of nitrogens with zero attached hydrogens (tertiary/aromatic N) is 1. The first-order valence-electron chi connectivity index (χ1n) is 4.06. The van der Waals surface area contributed by atoms with Gasteiger partial charge in [-0.3, -0.25) is 9.69 Å². The van der Waals surface area contributed by atoms with E-state index in [0.29, 0.717) is 5.70 Å². The molecule has 1 heterocycles. The van der Waals surface area contributed by atoms with Crippen molar-refractivity contribution < 1.29 is 9.90 Å². The summed E-state index contributed by atoms with van der Waals surface area (Å²) in [5, 5.41) is 11.8. The number of carboxylic acids is 1. The quantitative estimate of drug-likeness (QED) is 0.606. The summed E-state index contributed by atoms with van der Waals surface area (Å²) in [6.07, 6.45) is 0. The molecule has 0 aromatic rings. The number of carboxylic acid groups (broad SMARTS) is 1. The van der Waals surface area contributed by atoms with Gasteiger partial charge in [0.25, 0.3) is 0 Å². The lowest BCUT2D eigenvalue weighted by atomic mass is 10.1. The fourth-order valence-corrected chi connectivity index (χ4v) is 1.45. The molecule has 0 aromatic carbocycles. The summed E-state index contributed by atoms with van der Waals surface area (Å²) in [6, 6.07) is -0.552. The fraction of sp³-hybridized carbons (Fsp3) is 0.625.